The van der Waals surface area contributed by atoms with Crippen LogP contribution < -0.4 is 0 Å². The van der Waals surface area contributed by atoms with Crippen LogP contribution in [0.2, 0.25) is 0 Å². The number of nitrogens with zero attached hydrogens (tertiary/aromatic N) is 1. The van der Waals surface area contributed by atoms with Gasteiger partial charge in [0.15, 0.2) is 0 Å². The third-order valence-electron chi connectivity index (χ3n) is 5.42. The number of piperidine rings is 1. The van der Waals surface area contributed by atoms with E-state index in [9.17, 15) is 5.11 Å². The van der Waals surface area contributed by atoms with Crippen LogP contribution in [0.1, 0.15) is 44.1 Å². The van der Waals surface area contributed by atoms with Crippen molar-refractivity contribution in [1.82, 2.24) is 4.90 Å². The second-order valence-electron chi connectivity index (χ2n) is 7.04. The largest absolute Gasteiger partial charge is 0.393 e. The number of hydrogen-bond donors (Lipinski definition) is 1. The fourth-order valence-corrected chi connectivity index (χ4v) is 4.20. The molecule has 1 aliphatic heterocycles. The molecule has 22 heavy (non-hydrogen) atoms. The number of aliphatic hydroxyl groups excluding tert-OH is 1. The fourth-order valence-electron chi connectivity index (χ4n) is 4.20. The lowest BCUT2D eigenvalue weighted by atomic mass is 9.76. The lowest BCUT2D eigenvalue weighted by molar-refractivity contribution is -0.0121. The van der Waals surface area contributed by atoms with Crippen molar-refractivity contribution in [1.29, 1.82) is 0 Å². The van der Waals surface area contributed by atoms with Gasteiger partial charge in [-0.3, -0.25) is 0 Å². The van der Waals surface area contributed by atoms with Crippen molar-refractivity contribution in [3.63, 3.8) is 0 Å². The molecule has 1 aromatic rings. The molecule has 0 aromatic heterocycles. The molecule has 1 heterocycles. The minimum Gasteiger partial charge on any atom is -0.393 e. The summed E-state index contributed by atoms with van der Waals surface area (Å²) in [5.74, 6) is 0. The lowest BCUT2D eigenvalue weighted by Gasteiger charge is -2.42. The van der Waals surface area contributed by atoms with E-state index in [0.29, 0.717) is 6.61 Å². The zero-order valence-electron chi connectivity index (χ0n) is 13.5. The van der Waals surface area contributed by atoms with Gasteiger partial charge in [0.1, 0.15) is 0 Å². The summed E-state index contributed by atoms with van der Waals surface area (Å²) in [5, 5.41) is 10.3. The quantitative estimate of drug-likeness (QED) is 0.819. The second kappa shape index (κ2) is 7.58. The number of benzene rings is 1. The van der Waals surface area contributed by atoms with E-state index in [1.165, 1.54) is 37.8 Å². The van der Waals surface area contributed by atoms with Crippen LogP contribution in [0.5, 0.6) is 0 Å². The summed E-state index contributed by atoms with van der Waals surface area (Å²) in [6, 6.07) is 10.4. The van der Waals surface area contributed by atoms with Crippen LogP contribution in [-0.2, 0) is 11.3 Å². The third-order valence-corrected chi connectivity index (χ3v) is 5.42. The maximum absolute atomic E-state index is 10.3. The molecule has 2 aliphatic rings. The Labute approximate surface area is 134 Å². The molecule has 3 nitrogen and oxygen atoms in total. The molecule has 1 N–H and O–H groups in total. The van der Waals surface area contributed by atoms with E-state index in [4.69, 9.17) is 4.74 Å². The molecule has 1 saturated heterocycles. The Morgan fingerprint density at radius 1 is 1.18 bits per heavy atom. The first-order valence-corrected chi connectivity index (χ1v) is 8.81. The Bertz CT molecular complexity index is 450. The Morgan fingerprint density at radius 2 is 2.00 bits per heavy atom. The first-order valence-electron chi connectivity index (χ1n) is 8.81. The normalized spacial score (nSPS) is 29.2. The third kappa shape index (κ3) is 3.89. The minimum absolute atomic E-state index is 0.0652. The molecule has 3 rings (SSSR count). The zero-order valence-corrected chi connectivity index (χ0v) is 13.5. The van der Waals surface area contributed by atoms with Crippen LogP contribution in [-0.4, -0.2) is 42.4 Å². The highest BCUT2D eigenvalue weighted by Crippen LogP contribution is 2.44. The number of likely N-dealkylation sites (tertiary alicyclic amines) is 1. The minimum atomic E-state index is -0.0652. The van der Waals surface area contributed by atoms with Crippen LogP contribution in [0, 0.1) is 5.41 Å². The van der Waals surface area contributed by atoms with E-state index in [1.54, 1.807) is 0 Å². The van der Waals surface area contributed by atoms with Crippen molar-refractivity contribution in [2.45, 2.75) is 51.2 Å². The first kappa shape index (κ1) is 16.0. The van der Waals surface area contributed by atoms with Gasteiger partial charge in [-0.1, -0.05) is 36.8 Å². The van der Waals surface area contributed by atoms with Crippen molar-refractivity contribution in [3.05, 3.63) is 35.9 Å². The molecule has 3 heteroatoms. The molecule has 1 aromatic carbocycles. The predicted octanol–water partition coefficient (Wildman–Crippen LogP) is 3.22. The molecule has 2 fully saturated rings. The molecule has 0 unspecified atom stereocenters. The van der Waals surface area contributed by atoms with Crippen LogP contribution >= 0.6 is 0 Å². The average Bonchev–Trinajstić information content (AvgIpc) is 2.88. The Morgan fingerprint density at radius 3 is 2.77 bits per heavy atom. The molecule has 0 bridgehead atoms. The maximum atomic E-state index is 10.3. The molecule has 122 valence electrons. The Kier molecular flexibility index (Phi) is 5.51. The standard InChI is InChI=1S/C19H29NO2/c21-18-9-4-10-19(18)11-5-12-20(16-19)13-6-14-22-15-17-7-2-1-3-8-17/h1-3,7-8,18,21H,4-6,9-16H2/t18-,19+/m1/s1. The topological polar surface area (TPSA) is 32.7 Å². The van der Waals surface area contributed by atoms with Gasteiger partial charge in [-0.05, 0) is 44.2 Å². The number of aliphatic hydroxyl groups is 1. The highest BCUT2D eigenvalue weighted by molar-refractivity contribution is 5.13. The van der Waals surface area contributed by atoms with Crippen molar-refractivity contribution >= 4 is 0 Å². The highest BCUT2D eigenvalue weighted by atomic mass is 16.5. The number of hydrogen-bond acceptors (Lipinski definition) is 3. The summed E-state index contributed by atoms with van der Waals surface area (Å²) in [6.45, 7) is 4.91. The monoisotopic (exact) mass is 303 g/mol. The van der Waals surface area contributed by atoms with E-state index in [2.05, 4.69) is 29.2 Å². The summed E-state index contributed by atoms with van der Waals surface area (Å²) >= 11 is 0. The smallest absolute Gasteiger partial charge is 0.0716 e. The van der Waals surface area contributed by atoms with Gasteiger partial charge in [0.25, 0.3) is 0 Å². The van der Waals surface area contributed by atoms with E-state index in [-0.39, 0.29) is 11.5 Å². The van der Waals surface area contributed by atoms with Crippen LogP contribution in [0.4, 0.5) is 0 Å². The van der Waals surface area contributed by atoms with E-state index in [1.807, 2.05) is 6.07 Å². The van der Waals surface area contributed by atoms with Crippen molar-refractivity contribution in [2.75, 3.05) is 26.2 Å². The van der Waals surface area contributed by atoms with E-state index in [0.717, 1.165) is 32.5 Å². The molecule has 1 spiro atoms. The lowest BCUT2D eigenvalue weighted by Crippen LogP contribution is -2.47. The van der Waals surface area contributed by atoms with Gasteiger partial charge in [0.05, 0.1) is 12.7 Å². The highest BCUT2D eigenvalue weighted by Gasteiger charge is 2.44. The van der Waals surface area contributed by atoms with Crippen molar-refractivity contribution in [3.8, 4) is 0 Å². The molecular formula is C19H29NO2. The molecule has 1 saturated carbocycles. The molecule has 2 atom stereocenters. The van der Waals surface area contributed by atoms with E-state index >= 15 is 0 Å². The fraction of sp³-hybridized carbons (Fsp3) is 0.684. The molecular weight excluding hydrogens is 274 g/mol. The number of ether oxygens (including phenoxy) is 1. The molecule has 0 radical (unpaired) electrons. The van der Waals surface area contributed by atoms with Crippen LogP contribution in [0.3, 0.4) is 0 Å². The van der Waals surface area contributed by atoms with Crippen molar-refractivity contribution in [2.24, 2.45) is 5.41 Å². The first-order chi connectivity index (χ1) is 10.8. The summed E-state index contributed by atoms with van der Waals surface area (Å²) in [4.78, 5) is 2.55. The Hall–Kier alpha value is -0.900. The SMILES string of the molecule is O[C@@H]1CCC[C@@]12CCCN(CCCOCc1ccccc1)C2. The average molecular weight is 303 g/mol. The van der Waals surface area contributed by atoms with Gasteiger partial charge in [0, 0.05) is 25.1 Å². The maximum Gasteiger partial charge on any atom is 0.0716 e. The summed E-state index contributed by atoms with van der Waals surface area (Å²) in [6.07, 6.45) is 6.90. The summed E-state index contributed by atoms with van der Waals surface area (Å²) in [7, 11) is 0. The summed E-state index contributed by atoms with van der Waals surface area (Å²) in [5.41, 5.74) is 1.46. The van der Waals surface area contributed by atoms with Gasteiger partial charge in [-0.2, -0.15) is 0 Å². The zero-order chi connectivity index (χ0) is 15.3. The number of rotatable bonds is 6. The summed E-state index contributed by atoms with van der Waals surface area (Å²) < 4.78 is 5.77. The van der Waals surface area contributed by atoms with Gasteiger partial charge in [-0.15, -0.1) is 0 Å². The van der Waals surface area contributed by atoms with Gasteiger partial charge < -0.3 is 14.7 Å². The van der Waals surface area contributed by atoms with Crippen molar-refractivity contribution < 1.29 is 9.84 Å². The van der Waals surface area contributed by atoms with E-state index < -0.39 is 0 Å². The molecule has 0 amide bonds. The Balaban J connectivity index is 1.35. The second-order valence-corrected chi connectivity index (χ2v) is 7.04. The van der Waals surface area contributed by atoms with Crippen LogP contribution in [0.15, 0.2) is 30.3 Å². The van der Waals surface area contributed by atoms with Gasteiger partial charge in [-0.25, -0.2) is 0 Å². The molecule has 1 aliphatic carbocycles. The van der Waals surface area contributed by atoms with Crippen LogP contribution in [0.25, 0.3) is 0 Å². The van der Waals surface area contributed by atoms with Gasteiger partial charge >= 0.3 is 0 Å². The predicted molar refractivity (Wildman–Crippen MR) is 88.7 cm³/mol. The van der Waals surface area contributed by atoms with Gasteiger partial charge in [0.2, 0.25) is 0 Å².